The number of rotatable bonds is 2. The highest BCUT2D eigenvalue weighted by molar-refractivity contribution is 5.92. The molecule has 20 heavy (non-hydrogen) atoms. The van der Waals surface area contributed by atoms with Gasteiger partial charge in [0.15, 0.2) is 0 Å². The van der Waals surface area contributed by atoms with Gasteiger partial charge in [-0.05, 0) is 19.1 Å². The molecule has 1 aliphatic heterocycles. The number of aryl methyl sites for hydroxylation is 2. The summed E-state index contributed by atoms with van der Waals surface area (Å²) >= 11 is 0. The predicted molar refractivity (Wildman–Crippen MR) is 73.3 cm³/mol. The van der Waals surface area contributed by atoms with Crippen molar-refractivity contribution in [1.82, 2.24) is 19.4 Å². The van der Waals surface area contributed by atoms with Gasteiger partial charge in [-0.3, -0.25) is 4.79 Å². The molecule has 1 N–H and O–H groups in total. The third-order valence-electron chi connectivity index (χ3n) is 3.54. The Bertz CT molecular complexity index is 616. The van der Waals surface area contributed by atoms with Crippen molar-refractivity contribution in [2.75, 3.05) is 19.7 Å². The third-order valence-corrected chi connectivity index (χ3v) is 3.54. The fraction of sp³-hybridized carbons (Fsp3) is 0.429. The Labute approximate surface area is 117 Å². The minimum atomic E-state index is -0.179. The van der Waals surface area contributed by atoms with Crippen molar-refractivity contribution in [2.24, 2.45) is 7.05 Å². The lowest BCUT2D eigenvalue weighted by molar-refractivity contribution is -0.0267. The molecule has 3 heterocycles. The molecule has 0 spiro atoms. The fourth-order valence-corrected chi connectivity index (χ4v) is 2.44. The number of aromatic amines is 1. The Morgan fingerprint density at radius 1 is 1.55 bits per heavy atom. The van der Waals surface area contributed by atoms with E-state index in [2.05, 4.69) is 9.97 Å². The molecule has 2 aromatic rings. The van der Waals surface area contributed by atoms with Crippen molar-refractivity contribution in [3.05, 3.63) is 41.7 Å². The second-order valence-electron chi connectivity index (χ2n) is 5.07. The smallest absolute Gasteiger partial charge is 0.270 e. The minimum Gasteiger partial charge on any atom is -0.367 e. The van der Waals surface area contributed by atoms with Gasteiger partial charge >= 0.3 is 0 Å². The number of morpholine rings is 1. The summed E-state index contributed by atoms with van der Waals surface area (Å²) in [6.07, 6.45) is 3.47. The summed E-state index contributed by atoms with van der Waals surface area (Å²) in [6, 6.07) is 3.71. The molecule has 0 aliphatic carbocycles. The Hall–Kier alpha value is -2.08. The third kappa shape index (κ3) is 2.34. The summed E-state index contributed by atoms with van der Waals surface area (Å²) in [6.45, 7) is 3.62. The van der Waals surface area contributed by atoms with E-state index in [4.69, 9.17) is 4.74 Å². The Kier molecular flexibility index (Phi) is 3.31. The quantitative estimate of drug-likeness (QED) is 0.897. The zero-order valence-corrected chi connectivity index (χ0v) is 11.7. The molecule has 1 amide bonds. The largest absolute Gasteiger partial charge is 0.367 e. The summed E-state index contributed by atoms with van der Waals surface area (Å²) < 4.78 is 7.55. The molecule has 0 aromatic carbocycles. The first-order valence-corrected chi connectivity index (χ1v) is 6.69. The molecule has 0 bridgehead atoms. The number of carbonyl (C=O) groups is 1. The van der Waals surface area contributed by atoms with E-state index in [9.17, 15) is 4.79 Å². The number of hydrogen-bond donors (Lipinski definition) is 1. The van der Waals surface area contributed by atoms with Crippen LogP contribution in [0.1, 0.15) is 28.1 Å². The molecule has 1 saturated heterocycles. The van der Waals surface area contributed by atoms with Gasteiger partial charge in [-0.2, -0.15) is 0 Å². The molecule has 1 atom stereocenters. The number of nitrogens with zero attached hydrogens (tertiary/aromatic N) is 3. The van der Waals surface area contributed by atoms with Gasteiger partial charge in [0.1, 0.15) is 17.6 Å². The molecule has 0 unspecified atom stereocenters. The Balaban J connectivity index is 1.75. The average molecular weight is 274 g/mol. The topological polar surface area (TPSA) is 63.1 Å². The molecule has 1 fully saturated rings. The van der Waals surface area contributed by atoms with Gasteiger partial charge in [-0.25, -0.2) is 4.98 Å². The van der Waals surface area contributed by atoms with Crippen LogP contribution in [0, 0.1) is 6.92 Å². The number of hydrogen-bond acceptors (Lipinski definition) is 3. The first-order chi connectivity index (χ1) is 9.65. The maximum absolute atomic E-state index is 12.5. The number of H-pyrrole nitrogens is 1. The number of amides is 1. The van der Waals surface area contributed by atoms with Crippen LogP contribution in [0.5, 0.6) is 0 Å². The molecule has 106 valence electrons. The van der Waals surface area contributed by atoms with Crippen LogP contribution >= 0.6 is 0 Å². The van der Waals surface area contributed by atoms with Crippen LogP contribution in [-0.2, 0) is 11.8 Å². The first-order valence-electron chi connectivity index (χ1n) is 6.69. The van der Waals surface area contributed by atoms with E-state index in [1.54, 1.807) is 6.20 Å². The fourth-order valence-electron chi connectivity index (χ4n) is 2.44. The van der Waals surface area contributed by atoms with Gasteiger partial charge in [-0.1, -0.05) is 0 Å². The number of ether oxygens (including phenoxy) is 1. The van der Waals surface area contributed by atoms with Crippen LogP contribution in [0.3, 0.4) is 0 Å². The molecule has 1 aliphatic rings. The van der Waals surface area contributed by atoms with Crippen LogP contribution in [0.2, 0.25) is 0 Å². The molecule has 0 saturated carbocycles. The summed E-state index contributed by atoms with van der Waals surface area (Å²) in [5.74, 6) is 0.820. The number of aromatic nitrogens is 3. The molecule has 6 nitrogen and oxygen atoms in total. The number of imidazole rings is 1. The summed E-state index contributed by atoms with van der Waals surface area (Å²) in [7, 11) is 1.88. The maximum Gasteiger partial charge on any atom is 0.270 e. The number of nitrogens with one attached hydrogen (secondary N) is 1. The van der Waals surface area contributed by atoms with Crippen molar-refractivity contribution in [1.29, 1.82) is 0 Å². The maximum atomic E-state index is 12.5. The van der Waals surface area contributed by atoms with E-state index in [0.29, 0.717) is 25.4 Å². The van der Waals surface area contributed by atoms with Crippen molar-refractivity contribution < 1.29 is 9.53 Å². The second-order valence-corrected chi connectivity index (χ2v) is 5.07. The van der Waals surface area contributed by atoms with Crippen molar-refractivity contribution in [2.45, 2.75) is 13.0 Å². The molecule has 2 aromatic heterocycles. The summed E-state index contributed by atoms with van der Waals surface area (Å²) in [4.78, 5) is 21.8. The van der Waals surface area contributed by atoms with Crippen molar-refractivity contribution in [3.8, 4) is 0 Å². The lowest BCUT2D eigenvalue weighted by atomic mass is 10.2. The van der Waals surface area contributed by atoms with Crippen LogP contribution in [0.15, 0.2) is 24.5 Å². The van der Waals surface area contributed by atoms with Crippen molar-refractivity contribution >= 4 is 5.91 Å². The minimum absolute atomic E-state index is 0.0362. The van der Waals surface area contributed by atoms with Crippen molar-refractivity contribution in [3.63, 3.8) is 0 Å². The monoisotopic (exact) mass is 274 g/mol. The van der Waals surface area contributed by atoms with Crippen LogP contribution in [0.4, 0.5) is 0 Å². The van der Waals surface area contributed by atoms with E-state index in [-0.39, 0.29) is 12.0 Å². The van der Waals surface area contributed by atoms with Gasteiger partial charge in [0.25, 0.3) is 5.91 Å². The molecule has 3 rings (SSSR count). The van der Waals surface area contributed by atoms with Gasteiger partial charge in [0.2, 0.25) is 0 Å². The summed E-state index contributed by atoms with van der Waals surface area (Å²) in [5.41, 5.74) is 1.69. The molecule has 6 heteroatoms. The second kappa shape index (κ2) is 5.13. The zero-order valence-electron chi connectivity index (χ0n) is 11.7. The molecular weight excluding hydrogens is 256 g/mol. The SMILES string of the molecule is Cc1cnc([C@H]2CN(C(=O)c3cccn3C)CCO2)[nH]1. The van der Waals surface area contributed by atoms with E-state index >= 15 is 0 Å². The highest BCUT2D eigenvalue weighted by Gasteiger charge is 2.28. The molecule has 0 radical (unpaired) electrons. The van der Waals surface area contributed by atoms with Crippen LogP contribution in [-0.4, -0.2) is 45.0 Å². The van der Waals surface area contributed by atoms with Gasteiger partial charge < -0.3 is 19.2 Å². The van der Waals surface area contributed by atoms with Gasteiger partial charge in [-0.15, -0.1) is 0 Å². The van der Waals surface area contributed by atoms with Crippen LogP contribution < -0.4 is 0 Å². The van der Waals surface area contributed by atoms with E-state index in [1.165, 1.54) is 0 Å². The average Bonchev–Trinajstić information content (AvgIpc) is 3.07. The number of carbonyl (C=O) groups excluding carboxylic acids is 1. The Morgan fingerprint density at radius 2 is 2.40 bits per heavy atom. The standard InChI is InChI=1S/C14H18N4O2/c1-10-8-15-13(16-10)12-9-18(6-7-20-12)14(19)11-4-3-5-17(11)2/h3-5,8,12H,6-7,9H2,1-2H3,(H,15,16)/t12-/m1/s1. The highest BCUT2D eigenvalue weighted by atomic mass is 16.5. The first kappa shape index (κ1) is 12.9. The van der Waals surface area contributed by atoms with E-state index in [0.717, 1.165) is 11.5 Å². The zero-order chi connectivity index (χ0) is 14.1. The van der Waals surface area contributed by atoms with Gasteiger partial charge in [0, 0.05) is 31.7 Å². The van der Waals surface area contributed by atoms with Gasteiger partial charge in [0.05, 0.1) is 13.2 Å². The lowest BCUT2D eigenvalue weighted by Crippen LogP contribution is -2.43. The normalized spacial score (nSPS) is 19.3. The van der Waals surface area contributed by atoms with Crippen LogP contribution in [0.25, 0.3) is 0 Å². The predicted octanol–water partition coefficient (Wildman–Crippen LogP) is 1.27. The van der Waals surface area contributed by atoms with E-state index < -0.39 is 0 Å². The lowest BCUT2D eigenvalue weighted by Gasteiger charge is -2.32. The highest BCUT2D eigenvalue weighted by Crippen LogP contribution is 2.21. The van der Waals surface area contributed by atoms with E-state index in [1.807, 2.05) is 41.8 Å². The Morgan fingerprint density at radius 3 is 3.05 bits per heavy atom. The summed E-state index contributed by atoms with van der Waals surface area (Å²) in [5, 5.41) is 0. The molecular formula is C14H18N4O2.